The molecule has 2 atom stereocenters. The Morgan fingerprint density at radius 2 is 2.33 bits per heavy atom. The lowest BCUT2D eigenvalue weighted by Gasteiger charge is -2.29. The second-order valence-corrected chi connectivity index (χ2v) is 4.97. The smallest absolute Gasteiger partial charge is 0.212 e. The maximum atomic E-state index is 5.57. The number of hydrogen-bond donors (Lipinski definition) is 0. The highest BCUT2D eigenvalue weighted by atomic mass is 79.9. The number of dihydropyridines is 1. The predicted molar refractivity (Wildman–Crippen MR) is 64.1 cm³/mol. The van der Waals surface area contributed by atoms with E-state index in [4.69, 9.17) is 4.74 Å². The van der Waals surface area contributed by atoms with Crippen molar-refractivity contribution in [2.45, 2.75) is 18.9 Å². The van der Waals surface area contributed by atoms with Gasteiger partial charge in [0, 0.05) is 16.0 Å². The molecule has 0 bridgehead atoms. The van der Waals surface area contributed by atoms with Crippen molar-refractivity contribution in [2.75, 3.05) is 6.61 Å². The highest BCUT2D eigenvalue weighted by Gasteiger charge is 2.27. The standard InChI is InChI=1S/C12H12BrNO/c13-10-3-4-11-9(7-10)6-8-2-1-5-15-12(8)14-11/h3-4,6-7,9,11H,1-2,5H2. The summed E-state index contributed by atoms with van der Waals surface area (Å²) in [5, 5.41) is 0. The Hall–Kier alpha value is -0.830. The summed E-state index contributed by atoms with van der Waals surface area (Å²) in [5.74, 6) is 1.28. The number of ether oxygens (including phenoxy) is 1. The van der Waals surface area contributed by atoms with Crippen LogP contribution in [0.25, 0.3) is 0 Å². The Morgan fingerprint density at radius 1 is 1.40 bits per heavy atom. The second-order valence-electron chi connectivity index (χ2n) is 4.06. The summed E-state index contributed by atoms with van der Waals surface area (Å²) in [5.41, 5.74) is 1.29. The molecule has 0 spiro atoms. The normalized spacial score (nSPS) is 33.0. The van der Waals surface area contributed by atoms with Crippen LogP contribution < -0.4 is 0 Å². The molecule has 0 aromatic carbocycles. The van der Waals surface area contributed by atoms with E-state index < -0.39 is 0 Å². The largest absolute Gasteiger partial charge is 0.478 e. The highest BCUT2D eigenvalue weighted by molar-refractivity contribution is 9.11. The summed E-state index contributed by atoms with van der Waals surface area (Å²) >= 11 is 3.50. The van der Waals surface area contributed by atoms with Crippen LogP contribution in [0.5, 0.6) is 0 Å². The van der Waals surface area contributed by atoms with Crippen molar-refractivity contribution in [3.8, 4) is 0 Å². The number of fused-ring (bicyclic) bond motifs is 2. The third-order valence-electron chi connectivity index (χ3n) is 2.96. The molecule has 2 nitrogen and oxygen atoms in total. The van der Waals surface area contributed by atoms with Gasteiger partial charge in [0.15, 0.2) is 0 Å². The van der Waals surface area contributed by atoms with Gasteiger partial charge in [-0.05, 0) is 12.8 Å². The molecule has 0 radical (unpaired) electrons. The van der Waals surface area contributed by atoms with Crippen LogP contribution in [-0.2, 0) is 4.74 Å². The summed E-state index contributed by atoms with van der Waals surface area (Å²) in [6.45, 7) is 0.816. The SMILES string of the molecule is BrC1=CC2C=C3CCCOC3=NC2C=C1. The van der Waals surface area contributed by atoms with Crippen LogP contribution in [-0.4, -0.2) is 18.5 Å². The molecule has 2 aliphatic heterocycles. The first-order valence-corrected chi connectivity index (χ1v) is 6.09. The number of nitrogens with zero attached hydrogens (tertiary/aromatic N) is 1. The van der Waals surface area contributed by atoms with E-state index in [9.17, 15) is 0 Å². The van der Waals surface area contributed by atoms with E-state index in [1.54, 1.807) is 0 Å². The fourth-order valence-electron chi connectivity index (χ4n) is 2.21. The van der Waals surface area contributed by atoms with E-state index in [2.05, 4.69) is 45.2 Å². The average molecular weight is 266 g/mol. The van der Waals surface area contributed by atoms with Gasteiger partial charge >= 0.3 is 0 Å². The van der Waals surface area contributed by atoms with Crippen LogP contribution >= 0.6 is 15.9 Å². The molecule has 3 heteroatoms. The van der Waals surface area contributed by atoms with Crippen LogP contribution in [0.2, 0.25) is 0 Å². The average Bonchev–Trinajstić information content (AvgIpc) is 2.26. The van der Waals surface area contributed by atoms with E-state index >= 15 is 0 Å². The highest BCUT2D eigenvalue weighted by Crippen LogP contribution is 2.31. The van der Waals surface area contributed by atoms with Gasteiger partial charge in [0.25, 0.3) is 0 Å². The minimum Gasteiger partial charge on any atom is -0.478 e. The molecular weight excluding hydrogens is 254 g/mol. The lowest BCUT2D eigenvalue weighted by Crippen LogP contribution is -2.27. The Labute approximate surface area is 97.5 Å². The van der Waals surface area contributed by atoms with E-state index in [-0.39, 0.29) is 6.04 Å². The molecule has 3 aliphatic rings. The zero-order valence-electron chi connectivity index (χ0n) is 8.32. The Morgan fingerprint density at radius 3 is 3.27 bits per heavy atom. The Bertz CT molecular complexity index is 406. The van der Waals surface area contributed by atoms with Crippen LogP contribution in [0.4, 0.5) is 0 Å². The lowest BCUT2D eigenvalue weighted by molar-refractivity contribution is 0.274. The van der Waals surface area contributed by atoms with Crippen molar-refractivity contribution in [1.29, 1.82) is 0 Å². The summed E-state index contributed by atoms with van der Waals surface area (Å²) < 4.78 is 6.72. The fraction of sp³-hybridized carbons (Fsp3) is 0.417. The molecule has 0 saturated carbocycles. The maximum absolute atomic E-state index is 5.57. The molecule has 1 saturated heterocycles. The molecule has 15 heavy (non-hydrogen) atoms. The molecule has 78 valence electrons. The van der Waals surface area contributed by atoms with Crippen LogP contribution in [0.1, 0.15) is 12.8 Å². The minimum absolute atomic E-state index is 0.239. The molecule has 2 heterocycles. The third kappa shape index (κ3) is 1.69. The third-order valence-corrected chi connectivity index (χ3v) is 3.49. The van der Waals surface area contributed by atoms with E-state index in [1.165, 1.54) is 5.57 Å². The predicted octanol–water partition coefficient (Wildman–Crippen LogP) is 2.97. The summed E-state index contributed by atoms with van der Waals surface area (Å²) in [7, 11) is 0. The van der Waals surface area contributed by atoms with Gasteiger partial charge in [-0.15, -0.1) is 0 Å². The minimum atomic E-state index is 0.239. The van der Waals surface area contributed by atoms with E-state index in [0.29, 0.717) is 5.92 Å². The molecule has 1 aliphatic carbocycles. The molecule has 1 fully saturated rings. The first-order chi connectivity index (χ1) is 7.33. The zero-order valence-corrected chi connectivity index (χ0v) is 9.90. The van der Waals surface area contributed by atoms with Gasteiger partial charge in [0.1, 0.15) is 0 Å². The van der Waals surface area contributed by atoms with Gasteiger partial charge in [-0.3, -0.25) is 0 Å². The van der Waals surface area contributed by atoms with Crippen molar-refractivity contribution in [3.63, 3.8) is 0 Å². The van der Waals surface area contributed by atoms with Gasteiger partial charge in [-0.1, -0.05) is 40.2 Å². The van der Waals surface area contributed by atoms with E-state index in [0.717, 1.165) is 29.8 Å². The number of allylic oxidation sites excluding steroid dienone is 2. The van der Waals surface area contributed by atoms with Crippen LogP contribution in [0.15, 0.2) is 39.4 Å². The van der Waals surface area contributed by atoms with Gasteiger partial charge in [0.05, 0.1) is 12.6 Å². The Balaban J connectivity index is 1.94. The topological polar surface area (TPSA) is 21.6 Å². The zero-order chi connectivity index (χ0) is 10.3. The van der Waals surface area contributed by atoms with Crippen LogP contribution in [0.3, 0.4) is 0 Å². The molecular formula is C12H12BrNO. The number of hydrogen-bond acceptors (Lipinski definition) is 2. The van der Waals surface area contributed by atoms with Crippen molar-refractivity contribution in [3.05, 3.63) is 34.4 Å². The van der Waals surface area contributed by atoms with Gasteiger partial charge in [0.2, 0.25) is 5.90 Å². The van der Waals surface area contributed by atoms with Gasteiger partial charge < -0.3 is 4.74 Å². The molecule has 0 aromatic rings. The molecule has 2 unspecified atom stereocenters. The van der Waals surface area contributed by atoms with E-state index in [1.807, 2.05) is 0 Å². The van der Waals surface area contributed by atoms with Crippen molar-refractivity contribution < 1.29 is 4.74 Å². The summed E-state index contributed by atoms with van der Waals surface area (Å²) in [6.07, 6.45) is 10.9. The first-order valence-electron chi connectivity index (χ1n) is 5.30. The quantitative estimate of drug-likeness (QED) is 0.660. The second kappa shape index (κ2) is 3.63. The molecule has 0 amide bonds. The maximum Gasteiger partial charge on any atom is 0.212 e. The van der Waals surface area contributed by atoms with Gasteiger partial charge in [-0.25, -0.2) is 4.99 Å². The lowest BCUT2D eigenvalue weighted by atomic mass is 9.89. The number of halogens is 1. The number of rotatable bonds is 0. The fourth-order valence-corrected chi connectivity index (χ4v) is 2.66. The van der Waals surface area contributed by atoms with Crippen molar-refractivity contribution in [1.82, 2.24) is 0 Å². The number of aliphatic imine (C=N–C) groups is 1. The summed E-state index contributed by atoms with van der Waals surface area (Å²) in [4.78, 5) is 4.63. The first kappa shape index (κ1) is 9.40. The Kier molecular flexibility index (Phi) is 2.28. The summed E-state index contributed by atoms with van der Waals surface area (Å²) in [6, 6.07) is 0.239. The monoisotopic (exact) mass is 265 g/mol. The van der Waals surface area contributed by atoms with Crippen LogP contribution in [0, 0.1) is 5.92 Å². The van der Waals surface area contributed by atoms with Gasteiger partial charge in [-0.2, -0.15) is 0 Å². The molecule has 0 N–H and O–H groups in total. The van der Waals surface area contributed by atoms with Crippen molar-refractivity contribution in [2.24, 2.45) is 10.9 Å². The molecule has 0 aromatic heterocycles. The molecule has 3 rings (SSSR count). The van der Waals surface area contributed by atoms with Crippen molar-refractivity contribution >= 4 is 21.8 Å².